The Morgan fingerprint density at radius 1 is 1.06 bits per heavy atom. The Bertz CT molecular complexity index is 852. The van der Waals surface area contributed by atoms with Gasteiger partial charge in [-0.15, -0.1) is 0 Å². The van der Waals surface area contributed by atoms with Crippen molar-refractivity contribution < 1.29 is 35.9 Å². The molecular weight excluding hydrogens is 478 g/mol. The number of anilines is 1. The summed E-state index contributed by atoms with van der Waals surface area (Å²) in [6.07, 6.45) is -9.51. The van der Waals surface area contributed by atoms with E-state index in [0.717, 1.165) is 0 Å². The average Bonchev–Trinajstić information content (AvgIpc) is 2.73. The molecule has 184 valence electrons. The van der Waals surface area contributed by atoms with Gasteiger partial charge < -0.3 is 25.6 Å². The lowest BCUT2D eigenvalue weighted by Crippen LogP contribution is -2.53. The van der Waals surface area contributed by atoms with Crippen molar-refractivity contribution in [2.24, 2.45) is 10.1 Å². The molecule has 2 rings (SSSR count). The summed E-state index contributed by atoms with van der Waals surface area (Å²) in [5.74, 6) is -0.108. The van der Waals surface area contributed by atoms with E-state index < -0.39 is 35.2 Å². The number of hydrogen-bond donors (Lipinski definition) is 4. The van der Waals surface area contributed by atoms with E-state index in [0.29, 0.717) is 25.1 Å². The van der Waals surface area contributed by atoms with Crippen LogP contribution in [0.3, 0.4) is 0 Å². The van der Waals surface area contributed by atoms with Crippen molar-refractivity contribution in [3.05, 3.63) is 29.3 Å². The molecule has 8 nitrogen and oxygen atoms in total. The summed E-state index contributed by atoms with van der Waals surface area (Å²) in [7, 11) is 0. The van der Waals surface area contributed by atoms with Crippen LogP contribution in [0.5, 0.6) is 0 Å². The van der Waals surface area contributed by atoms with Crippen LogP contribution >= 0.6 is 12.8 Å². The first-order valence-electron chi connectivity index (χ1n) is 9.61. The van der Waals surface area contributed by atoms with Crippen molar-refractivity contribution >= 4 is 36.3 Å². The van der Waals surface area contributed by atoms with Crippen LogP contribution in [0, 0.1) is 5.41 Å². The van der Waals surface area contributed by atoms with Crippen LogP contribution in [-0.2, 0) is 17.1 Å². The molecule has 1 aromatic rings. The number of carbonyl (C=O) groups is 1. The molecule has 0 spiro atoms. The van der Waals surface area contributed by atoms with Gasteiger partial charge in [-0.05, 0) is 44.0 Å². The number of halogens is 6. The maximum absolute atomic E-state index is 13.0. The van der Waals surface area contributed by atoms with E-state index in [1.54, 1.807) is 4.90 Å². The highest BCUT2D eigenvalue weighted by Crippen LogP contribution is 2.37. The average molecular weight is 500 g/mol. The van der Waals surface area contributed by atoms with Crippen molar-refractivity contribution in [2.45, 2.75) is 18.8 Å². The fraction of sp³-hybridized carbons (Fsp3) is 0.500. The number of alkyl halides is 6. The molecule has 0 atom stereocenters. The molecule has 0 aliphatic carbocycles. The van der Waals surface area contributed by atoms with E-state index >= 15 is 0 Å². The van der Waals surface area contributed by atoms with E-state index in [-0.39, 0.29) is 50.6 Å². The Morgan fingerprint density at radius 2 is 1.58 bits per heavy atom. The molecule has 33 heavy (non-hydrogen) atoms. The van der Waals surface area contributed by atoms with Gasteiger partial charge in [-0.3, -0.25) is 5.41 Å². The van der Waals surface area contributed by atoms with E-state index in [9.17, 15) is 31.1 Å². The molecular formula is C18H22F6N6O2S. The second kappa shape index (κ2) is 11.0. The van der Waals surface area contributed by atoms with Crippen LogP contribution in [-0.4, -0.2) is 66.9 Å². The van der Waals surface area contributed by atoms with E-state index in [2.05, 4.69) is 22.5 Å². The molecule has 1 aliphatic heterocycles. The third-order valence-corrected chi connectivity index (χ3v) is 4.79. The molecule has 1 heterocycles. The predicted molar refractivity (Wildman–Crippen MR) is 112 cm³/mol. The van der Waals surface area contributed by atoms with E-state index in [4.69, 9.17) is 15.9 Å². The summed E-state index contributed by atoms with van der Waals surface area (Å²) < 4.78 is 86.9. The van der Waals surface area contributed by atoms with Crippen molar-refractivity contribution in [2.75, 3.05) is 44.6 Å². The molecule has 15 heteroatoms. The highest BCUT2D eigenvalue weighted by molar-refractivity contribution is 7.79. The molecule has 2 amide bonds. The highest BCUT2D eigenvalue weighted by atomic mass is 32.1. The van der Waals surface area contributed by atoms with Gasteiger partial charge in [-0.1, -0.05) is 0 Å². The number of hydrogen-bond acceptors (Lipinski definition) is 6. The van der Waals surface area contributed by atoms with Crippen LogP contribution in [0.25, 0.3) is 0 Å². The minimum absolute atomic E-state index is 0.0166. The van der Waals surface area contributed by atoms with Gasteiger partial charge in [0.2, 0.25) is 0 Å². The number of nitrogens with one attached hydrogen (secondary N) is 2. The number of amidine groups is 1. The zero-order valence-electron chi connectivity index (χ0n) is 17.1. The quantitative estimate of drug-likeness (QED) is 0.167. The van der Waals surface area contributed by atoms with Crippen LogP contribution in [0.4, 0.5) is 36.8 Å². The zero-order valence-corrected chi connectivity index (χ0v) is 18.0. The molecule has 0 bridgehead atoms. The summed E-state index contributed by atoms with van der Waals surface area (Å²) in [6, 6.07) is 0.00209. The first-order chi connectivity index (χ1) is 15.4. The van der Waals surface area contributed by atoms with Gasteiger partial charge in [-0.25, -0.2) is 4.79 Å². The molecule has 4 N–H and O–H groups in total. The number of thiol groups is 1. The fourth-order valence-electron chi connectivity index (χ4n) is 2.93. The molecule has 1 fully saturated rings. The Kier molecular flexibility index (Phi) is 8.82. The van der Waals surface area contributed by atoms with Crippen LogP contribution < -0.4 is 11.1 Å². The van der Waals surface area contributed by atoms with Crippen molar-refractivity contribution in [1.82, 2.24) is 9.80 Å². The van der Waals surface area contributed by atoms with Gasteiger partial charge in [0.1, 0.15) is 0 Å². The smallest absolute Gasteiger partial charge is 0.416 e. The van der Waals surface area contributed by atoms with Crippen LogP contribution in [0.1, 0.15) is 17.5 Å². The SMILES string of the molecule is N=C(OCCCN)/C(=N\S)N1CCN(C(=O)Nc2cc(C(F)(F)F)cc(C(F)(F)F)c2)CC1. The second-order valence-electron chi connectivity index (χ2n) is 6.94. The number of carbonyl (C=O) groups excluding carboxylic acids is 1. The molecule has 1 aromatic carbocycles. The van der Waals surface area contributed by atoms with Crippen LogP contribution in [0.2, 0.25) is 0 Å². The Balaban J connectivity index is 2.05. The van der Waals surface area contributed by atoms with Gasteiger partial charge in [-0.2, -0.15) is 30.7 Å². The summed E-state index contributed by atoms with van der Waals surface area (Å²) in [5, 5.41) is 10.0. The van der Waals surface area contributed by atoms with Gasteiger partial charge in [0, 0.05) is 31.9 Å². The third-order valence-electron chi connectivity index (χ3n) is 4.60. The Hall–Kier alpha value is -2.68. The lowest BCUT2D eigenvalue weighted by molar-refractivity contribution is -0.143. The molecule has 1 aliphatic rings. The number of nitrogens with zero attached hydrogens (tertiary/aromatic N) is 3. The number of rotatable bonds is 4. The lowest BCUT2D eigenvalue weighted by Gasteiger charge is -2.36. The van der Waals surface area contributed by atoms with Crippen molar-refractivity contribution in [3.63, 3.8) is 0 Å². The zero-order chi connectivity index (χ0) is 24.8. The topological polar surface area (TPSA) is 107 Å². The predicted octanol–water partition coefficient (Wildman–Crippen LogP) is 3.46. The number of benzene rings is 1. The largest absolute Gasteiger partial charge is 0.475 e. The monoisotopic (exact) mass is 500 g/mol. The summed E-state index contributed by atoms with van der Waals surface area (Å²) >= 11 is 3.83. The molecule has 0 aromatic heterocycles. The number of nitrogens with two attached hydrogens (primary N) is 1. The minimum Gasteiger partial charge on any atom is -0.475 e. The Labute approximate surface area is 190 Å². The normalized spacial score (nSPS) is 15.5. The minimum atomic E-state index is -5.02. The molecule has 1 saturated heterocycles. The third kappa shape index (κ3) is 7.42. The lowest BCUT2D eigenvalue weighted by atomic mass is 10.1. The number of piperazine rings is 1. The van der Waals surface area contributed by atoms with E-state index in [1.165, 1.54) is 4.90 Å². The molecule has 0 unspecified atom stereocenters. The summed E-state index contributed by atoms with van der Waals surface area (Å²) in [4.78, 5) is 15.3. The van der Waals surface area contributed by atoms with Crippen molar-refractivity contribution in [3.8, 4) is 0 Å². The van der Waals surface area contributed by atoms with Gasteiger partial charge in [0.15, 0.2) is 5.84 Å². The summed E-state index contributed by atoms with van der Waals surface area (Å²) in [6.45, 7) is 1.10. The molecule has 0 saturated carbocycles. The summed E-state index contributed by atoms with van der Waals surface area (Å²) in [5.41, 5.74) is 1.68. The van der Waals surface area contributed by atoms with Gasteiger partial charge in [0.05, 0.1) is 17.7 Å². The maximum atomic E-state index is 13.0. The standard InChI is InChI=1S/C18H22F6N6O2S/c19-17(20,21)11-8-12(18(22,23)24)10-13(9-11)27-16(31)30-5-3-29(4-6-30)15(28-33)14(26)32-7-1-2-25/h8-10,26,33H,1-7,25H2,(H,27,31)/b26-14?,28-15+. The number of amides is 2. The number of urea groups is 1. The van der Waals surface area contributed by atoms with Crippen LogP contribution in [0.15, 0.2) is 22.6 Å². The van der Waals surface area contributed by atoms with Gasteiger partial charge in [0.25, 0.3) is 5.90 Å². The molecule has 0 radical (unpaired) electrons. The fourth-order valence-corrected chi connectivity index (χ4v) is 3.14. The van der Waals surface area contributed by atoms with E-state index in [1.807, 2.05) is 0 Å². The van der Waals surface area contributed by atoms with Crippen molar-refractivity contribution in [1.29, 1.82) is 5.41 Å². The highest BCUT2D eigenvalue weighted by Gasteiger charge is 2.37. The first-order valence-corrected chi connectivity index (χ1v) is 10.0. The second-order valence-corrected chi connectivity index (χ2v) is 7.14. The Morgan fingerprint density at radius 3 is 2.03 bits per heavy atom. The van der Waals surface area contributed by atoms with Gasteiger partial charge >= 0.3 is 18.4 Å². The first kappa shape index (κ1) is 26.6. The number of ether oxygens (including phenoxy) is 1. The maximum Gasteiger partial charge on any atom is 0.416 e.